The first-order chi connectivity index (χ1) is 13.1. The summed E-state index contributed by atoms with van der Waals surface area (Å²) in [6.45, 7) is 2.36. The van der Waals surface area contributed by atoms with Crippen molar-refractivity contribution < 1.29 is 0 Å². The average Bonchev–Trinajstić information content (AvgIpc) is 2.70. The molecule has 0 N–H and O–H groups in total. The molecule has 0 radical (unpaired) electrons. The van der Waals surface area contributed by atoms with Gasteiger partial charge in [0.05, 0.1) is 18.2 Å². The van der Waals surface area contributed by atoms with Crippen LogP contribution in [0, 0.1) is 11.3 Å². The number of hydrogen-bond acceptors (Lipinski definition) is 3. The molecule has 5 nitrogen and oxygen atoms in total. The van der Waals surface area contributed by atoms with E-state index >= 15 is 0 Å². The maximum absolute atomic E-state index is 12.7. The Bertz CT molecular complexity index is 1130. The molecule has 0 spiro atoms. The Hall–Kier alpha value is -3.39. The fraction of sp³-hybridized carbons (Fsp3) is 0.227. The van der Waals surface area contributed by atoms with Crippen LogP contribution in [-0.4, -0.2) is 9.13 Å². The third kappa shape index (κ3) is 3.61. The summed E-state index contributed by atoms with van der Waals surface area (Å²) in [6, 6.07) is 18.9. The topological polar surface area (TPSA) is 67.8 Å². The number of aryl methyl sites for hydroxylation is 1. The molecule has 0 aliphatic heterocycles. The second-order valence-electron chi connectivity index (χ2n) is 6.47. The Kier molecular flexibility index (Phi) is 5.37. The van der Waals surface area contributed by atoms with Gasteiger partial charge in [0.15, 0.2) is 0 Å². The Morgan fingerprint density at radius 3 is 2.37 bits per heavy atom. The SMILES string of the molecule is CCCc1cc(=O)n(C)c(=O)n1Cc1ccccc1-c1ccccc1C#N. The van der Waals surface area contributed by atoms with Crippen molar-refractivity contribution in [3.8, 4) is 17.2 Å². The molecule has 0 saturated heterocycles. The molecule has 0 aliphatic carbocycles. The highest BCUT2D eigenvalue weighted by molar-refractivity contribution is 5.73. The van der Waals surface area contributed by atoms with Crippen molar-refractivity contribution in [1.29, 1.82) is 5.26 Å². The van der Waals surface area contributed by atoms with E-state index in [1.54, 1.807) is 10.6 Å². The average molecular weight is 359 g/mol. The van der Waals surface area contributed by atoms with E-state index in [0.29, 0.717) is 18.5 Å². The molecule has 1 heterocycles. The van der Waals surface area contributed by atoms with Crippen LogP contribution in [0.3, 0.4) is 0 Å². The lowest BCUT2D eigenvalue weighted by molar-refractivity contribution is 0.606. The first-order valence-corrected chi connectivity index (χ1v) is 8.94. The number of nitrogens with zero attached hydrogens (tertiary/aromatic N) is 3. The van der Waals surface area contributed by atoms with Gasteiger partial charge in [-0.2, -0.15) is 5.26 Å². The van der Waals surface area contributed by atoms with E-state index in [1.807, 2.05) is 49.4 Å². The van der Waals surface area contributed by atoms with Gasteiger partial charge in [-0.3, -0.25) is 13.9 Å². The summed E-state index contributed by atoms with van der Waals surface area (Å²) in [6.07, 6.45) is 1.49. The number of rotatable bonds is 5. The lowest BCUT2D eigenvalue weighted by atomic mass is 9.95. The summed E-state index contributed by atoms with van der Waals surface area (Å²) in [4.78, 5) is 24.8. The molecule has 3 aromatic rings. The van der Waals surface area contributed by atoms with E-state index in [4.69, 9.17) is 0 Å². The van der Waals surface area contributed by atoms with E-state index in [1.165, 1.54) is 13.1 Å². The second-order valence-corrected chi connectivity index (χ2v) is 6.47. The Morgan fingerprint density at radius 2 is 1.67 bits per heavy atom. The zero-order chi connectivity index (χ0) is 19.4. The Morgan fingerprint density at radius 1 is 1.00 bits per heavy atom. The van der Waals surface area contributed by atoms with E-state index in [9.17, 15) is 14.9 Å². The molecule has 0 unspecified atom stereocenters. The van der Waals surface area contributed by atoms with E-state index in [-0.39, 0.29) is 11.2 Å². The first kappa shape index (κ1) is 18.4. The van der Waals surface area contributed by atoms with Crippen LogP contribution in [0.25, 0.3) is 11.1 Å². The highest BCUT2D eigenvalue weighted by atomic mass is 16.2. The van der Waals surface area contributed by atoms with Crippen LogP contribution in [0.4, 0.5) is 0 Å². The zero-order valence-electron chi connectivity index (χ0n) is 15.5. The lowest BCUT2D eigenvalue weighted by Gasteiger charge is -2.16. The highest BCUT2D eigenvalue weighted by Gasteiger charge is 2.13. The third-order valence-electron chi connectivity index (χ3n) is 4.67. The summed E-state index contributed by atoms with van der Waals surface area (Å²) < 4.78 is 2.78. The minimum atomic E-state index is -0.325. The molecular formula is C22H21N3O2. The summed E-state index contributed by atoms with van der Waals surface area (Å²) >= 11 is 0. The van der Waals surface area contributed by atoms with Gasteiger partial charge < -0.3 is 0 Å². The van der Waals surface area contributed by atoms with Crippen LogP contribution in [0.2, 0.25) is 0 Å². The van der Waals surface area contributed by atoms with Crippen molar-refractivity contribution in [2.45, 2.75) is 26.3 Å². The number of hydrogen-bond donors (Lipinski definition) is 0. The molecule has 0 atom stereocenters. The van der Waals surface area contributed by atoms with Crippen LogP contribution in [0.1, 0.15) is 30.2 Å². The van der Waals surface area contributed by atoms with Gasteiger partial charge in [0, 0.05) is 18.8 Å². The van der Waals surface area contributed by atoms with Gasteiger partial charge in [0.25, 0.3) is 5.56 Å². The zero-order valence-corrected chi connectivity index (χ0v) is 15.5. The first-order valence-electron chi connectivity index (χ1n) is 8.94. The minimum Gasteiger partial charge on any atom is -0.293 e. The predicted octanol–water partition coefficient (Wildman–Crippen LogP) is 3.09. The third-order valence-corrected chi connectivity index (χ3v) is 4.67. The summed E-state index contributed by atoms with van der Waals surface area (Å²) in [5.41, 5.74) is 3.39. The van der Waals surface area contributed by atoms with Crippen molar-refractivity contribution in [2.75, 3.05) is 0 Å². The largest absolute Gasteiger partial charge is 0.331 e. The summed E-state index contributed by atoms with van der Waals surface area (Å²) in [5, 5.41) is 9.44. The molecule has 0 aliphatic rings. The molecule has 0 amide bonds. The van der Waals surface area contributed by atoms with Crippen LogP contribution < -0.4 is 11.2 Å². The molecule has 1 aromatic heterocycles. The van der Waals surface area contributed by atoms with Gasteiger partial charge in [-0.1, -0.05) is 55.8 Å². The fourth-order valence-corrected chi connectivity index (χ4v) is 3.25. The van der Waals surface area contributed by atoms with Crippen LogP contribution in [-0.2, 0) is 20.0 Å². The van der Waals surface area contributed by atoms with Crippen molar-refractivity contribution in [2.24, 2.45) is 7.05 Å². The van der Waals surface area contributed by atoms with Crippen molar-refractivity contribution >= 4 is 0 Å². The van der Waals surface area contributed by atoms with Gasteiger partial charge >= 0.3 is 5.69 Å². The van der Waals surface area contributed by atoms with Gasteiger partial charge in [0.2, 0.25) is 0 Å². The standard InChI is InChI=1S/C22H21N3O2/c1-3-8-18-13-21(26)24(2)22(27)25(18)15-17-10-5-7-12-20(17)19-11-6-4-9-16(19)14-23/h4-7,9-13H,3,8,15H2,1-2H3. The molecular weight excluding hydrogens is 338 g/mol. The van der Waals surface area contributed by atoms with Crippen LogP contribution in [0.5, 0.6) is 0 Å². The molecule has 0 fully saturated rings. The highest BCUT2D eigenvalue weighted by Crippen LogP contribution is 2.27. The molecule has 2 aromatic carbocycles. The van der Waals surface area contributed by atoms with Gasteiger partial charge in [-0.15, -0.1) is 0 Å². The molecule has 0 saturated carbocycles. The monoisotopic (exact) mass is 359 g/mol. The van der Waals surface area contributed by atoms with Crippen molar-refractivity contribution in [3.63, 3.8) is 0 Å². The maximum Gasteiger partial charge on any atom is 0.331 e. The van der Waals surface area contributed by atoms with Gasteiger partial charge in [-0.05, 0) is 29.2 Å². The van der Waals surface area contributed by atoms with E-state index in [2.05, 4.69) is 6.07 Å². The lowest BCUT2D eigenvalue weighted by Crippen LogP contribution is -2.39. The van der Waals surface area contributed by atoms with Gasteiger partial charge in [0.1, 0.15) is 0 Å². The van der Waals surface area contributed by atoms with Crippen molar-refractivity contribution in [3.05, 3.63) is 92.3 Å². The van der Waals surface area contributed by atoms with Crippen molar-refractivity contribution in [1.82, 2.24) is 9.13 Å². The fourth-order valence-electron chi connectivity index (χ4n) is 3.25. The Labute approximate surface area is 157 Å². The molecule has 3 rings (SSSR count). The molecule has 0 bridgehead atoms. The molecule has 27 heavy (non-hydrogen) atoms. The quantitative estimate of drug-likeness (QED) is 0.703. The van der Waals surface area contributed by atoms with E-state index in [0.717, 1.165) is 33.4 Å². The normalized spacial score (nSPS) is 10.6. The van der Waals surface area contributed by atoms with Gasteiger partial charge in [-0.25, -0.2) is 4.79 Å². The molecule has 136 valence electrons. The Balaban J connectivity index is 2.17. The minimum absolute atomic E-state index is 0.289. The second kappa shape index (κ2) is 7.88. The summed E-state index contributed by atoms with van der Waals surface area (Å²) in [5.74, 6) is 0. The summed E-state index contributed by atoms with van der Waals surface area (Å²) in [7, 11) is 1.49. The number of aromatic nitrogens is 2. The van der Waals surface area contributed by atoms with Crippen LogP contribution >= 0.6 is 0 Å². The van der Waals surface area contributed by atoms with Crippen LogP contribution in [0.15, 0.2) is 64.2 Å². The smallest absolute Gasteiger partial charge is 0.293 e. The number of nitriles is 1. The predicted molar refractivity (Wildman–Crippen MR) is 106 cm³/mol. The van der Waals surface area contributed by atoms with E-state index < -0.39 is 0 Å². The molecule has 5 heteroatoms. The maximum atomic E-state index is 12.7. The number of benzene rings is 2.